The molecule has 0 unspecified atom stereocenters. The summed E-state index contributed by atoms with van der Waals surface area (Å²) in [6.07, 6.45) is 10.2. The number of hydrogen-bond donors (Lipinski definition) is 0. The Kier molecular flexibility index (Phi) is 12.8. The number of pyridine rings is 2. The quantitative estimate of drug-likeness (QED) is 0.144. The van der Waals surface area contributed by atoms with Crippen LogP contribution < -0.4 is 0 Å². The van der Waals surface area contributed by atoms with E-state index < -0.39 is 9.84 Å². The molecule has 2 aliphatic rings. The van der Waals surface area contributed by atoms with Crippen molar-refractivity contribution in [3.05, 3.63) is 96.1 Å². The fourth-order valence-electron chi connectivity index (χ4n) is 7.77. The minimum atomic E-state index is -3.81. The number of ether oxygens (including phenoxy) is 2. The standard InChI is InChI=1S/C23H26N4O3S.C23H26N4OS/c1-23(2,3)22-26-20-11-18(31(28,29)19-10-17(12-24)13-25-14-19)4-5-21(20)27(22)15-16-6-8-30-9-7-16;1-23(2,3)22-26-20-11-18(29-19-10-17(12-24)13-25-14-19)4-5-21(20)27(22)15-16-6-8-28-9-7-16/h4-5,10-11,13-14,16H,6-9,15H2,1-3H3;4-5,10-11,13-14,16H,6-9,15H2,1-3H3. The average molecular weight is 845 g/mol. The minimum absolute atomic E-state index is 0.00332. The van der Waals surface area contributed by atoms with Gasteiger partial charge in [0.05, 0.1) is 43.0 Å². The van der Waals surface area contributed by atoms with Gasteiger partial charge in [-0.05, 0) is 86.1 Å². The molecular formula is C46H52N8O4S2. The highest BCUT2D eigenvalue weighted by Crippen LogP contribution is 2.35. The van der Waals surface area contributed by atoms with Crippen molar-refractivity contribution in [3.63, 3.8) is 0 Å². The lowest BCUT2D eigenvalue weighted by atomic mass is 9.94. The summed E-state index contributed by atoms with van der Waals surface area (Å²) in [4.78, 5) is 20.1. The van der Waals surface area contributed by atoms with Gasteiger partial charge in [-0.2, -0.15) is 10.5 Å². The van der Waals surface area contributed by atoms with Crippen LogP contribution in [0, 0.1) is 34.5 Å². The van der Waals surface area contributed by atoms with Crippen LogP contribution in [0.25, 0.3) is 22.1 Å². The second kappa shape index (κ2) is 17.8. The molecule has 312 valence electrons. The number of aromatic nitrogens is 6. The van der Waals surface area contributed by atoms with E-state index in [0.717, 1.165) is 97.7 Å². The normalized spacial score (nSPS) is 15.7. The van der Waals surface area contributed by atoms with Crippen LogP contribution in [0.3, 0.4) is 0 Å². The molecule has 0 bridgehead atoms. The van der Waals surface area contributed by atoms with Crippen molar-refractivity contribution in [2.45, 2.75) is 111 Å². The van der Waals surface area contributed by atoms with Gasteiger partial charge in [-0.3, -0.25) is 9.97 Å². The zero-order chi connectivity index (χ0) is 42.7. The first-order valence-electron chi connectivity index (χ1n) is 20.4. The summed E-state index contributed by atoms with van der Waals surface area (Å²) < 4.78 is 42.0. The van der Waals surface area contributed by atoms with Crippen molar-refractivity contribution in [2.24, 2.45) is 11.8 Å². The summed E-state index contributed by atoms with van der Waals surface area (Å²) in [5.41, 5.74) is 4.37. The van der Waals surface area contributed by atoms with Crippen LogP contribution in [0.15, 0.2) is 92.9 Å². The highest BCUT2D eigenvalue weighted by atomic mass is 32.2. The van der Waals surface area contributed by atoms with Crippen molar-refractivity contribution in [3.8, 4) is 12.1 Å². The molecule has 6 heterocycles. The second-order valence-electron chi connectivity index (χ2n) is 17.7. The zero-order valence-corrected chi connectivity index (χ0v) is 36.8. The van der Waals surface area contributed by atoms with Crippen molar-refractivity contribution in [1.29, 1.82) is 10.5 Å². The molecule has 14 heteroatoms. The molecule has 12 nitrogen and oxygen atoms in total. The van der Waals surface area contributed by atoms with E-state index in [1.54, 1.807) is 36.3 Å². The van der Waals surface area contributed by atoms with E-state index in [-0.39, 0.29) is 26.2 Å². The molecule has 8 rings (SSSR count). The molecule has 0 radical (unpaired) electrons. The predicted octanol–water partition coefficient (Wildman–Crippen LogP) is 9.04. The molecule has 2 saturated heterocycles. The molecule has 4 aromatic heterocycles. The number of nitriles is 2. The van der Waals surface area contributed by atoms with Gasteiger partial charge in [0.15, 0.2) is 0 Å². The van der Waals surface area contributed by atoms with Crippen LogP contribution in [-0.2, 0) is 43.2 Å². The second-order valence-corrected chi connectivity index (χ2v) is 20.7. The molecule has 0 atom stereocenters. The zero-order valence-electron chi connectivity index (χ0n) is 35.2. The molecule has 0 saturated carbocycles. The van der Waals surface area contributed by atoms with E-state index in [9.17, 15) is 8.42 Å². The molecule has 60 heavy (non-hydrogen) atoms. The largest absolute Gasteiger partial charge is 0.381 e. The van der Waals surface area contributed by atoms with Gasteiger partial charge in [0.25, 0.3) is 0 Å². The SMILES string of the molecule is CC(C)(C)c1nc2cc(S(=O)(=O)c3cncc(C#N)c3)ccc2n1CC1CCOCC1.CC(C)(C)c1nc2cc(Sc3cncc(C#N)c3)ccc2n1CC1CCOCC1. The number of sulfone groups is 1. The first kappa shape index (κ1) is 43.0. The molecule has 0 N–H and O–H groups in total. The summed E-state index contributed by atoms with van der Waals surface area (Å²) in [5.74, 6) is 3.22. The van der Waals surface area contributed by atoms with Crippen molar-refractivity contribution < 1.29 is 17.9 Å². The Morgan fingerprint density at radius 2 is 1.15 bits per heavy atom. The Hall–Kier alpha value is -5.12. The Labute approximate surface area is 356 Å². The maximum Gasteiger partial charge on any atom is 0.208 e. The third-order valence-electron chi connectivity index (χ3n) is 10.9. The number of benzene rings is 2. The first-order valence-corrected chi connectivity index (χ1v) is 22.7. The van der Waals surface area contributed by atoms with Gasteiger partial charge in [0, 0.05) is 84.9 Å². The van der Waals surface area contributed by atoms with Gasteiger partial charge in [0.1, 0.15) is 23.8 Å². The fraction of sp³-hybridized carbons (Fsp3) is 0.435. The molecule has 0 spiro atoms. The molecule has 0 amide bonds. The molecule has 6 aromatic rings. The van der Waals surface area contributed by atoms with Crippen LogP contribution in [0.1, 0.15) is 90.0 Å². The lowest BCUT2D eigenvalue weighted by Crippen LogP contribution is -2.25. The monoisotopic (exact) mass is 844 g/mol. The van der Waals surface area contributed by atoms with Crippen LogP contribution in [0.4, 0.5) is 0 Å². The van der Waals surface area contributed by atoms with Gasteiger partial charge in [-0.15, -0.1) is 0 Å². The number of hydrogen-bond acceptors (Lipinski definition) is 11. The molecule has 2 aromatic carbocycles. The van der Waals surface area contributed by atoms with E-state index in [0.29, 0.717) is 22.9 Å². The highest BCUT2D eigenvalue weighted by Gasteiger charge is 2.28. The number of fused-ring (bicyclic) bond motifs is 2. The van der Waals surface area contributed by atoms with Crippen molar-refractivity contribution >= 4 is 43.7 Å². The smallest absolute Gasteiger partial charge is 0.208 e. The Balaban J connectivity index is 0.000000182. The average Bonchev–Trinajstić information content (AvgIpc) is 3.80. The first-order chi connectivity index (χ1) is 28.6. The minimum Gasteiger partial charge on any atom is -0.381 e. The maximum absolute atomic E-state index is 13.2. The molecule has 2 fully saturated rings. The molecule has 0 aliphatic carbocycles. The number of nitrogens with zero attached hydrogens (tertiary/aromatic N) is 8. The number of imidazole rings is 2. The van der Waals surface area contributed by atoms with Crippen LogP contribution in [0.2, 0.25) is 0 Å². The van der Waals surface area contributed by atoms with E-state index in [1.165, 1.54) is 24.0 Å². The summed E-state index contributed by atoms with van der Waals surface area (Å²) in [5, 5.41) is 18.2. The van der Waals surface area contributed by atoms with Gasteiger partial charge < -0.3 is 18.6 Å². The van der Waals surface area contributed by atoms with E-state index in [4.69, 9.17) is 30.0 Å². The van der Waals surface area contributed by atoms with Gasteiger partial charge in [-0.25, -0.2) is 18.4 Å². The fourth-order valence-corrected chi connectivity index (χ4v) is 9.92. The van der Waals surface area contributed by atoms with Crippen LogP contribution >= 0.6 is 11.8 Å². The highest BCUT2D eigenvalue weighted by molar-refractivity contribution is 7.99. The Morgan fingerprint density at radius 3 is 1.68 bits per heavy atom. The Bertz CT molecular complexity index is 2690. The predicted molar refractivity (Wildman–Crippen MR) is 231 cm³/mol. The Morgan fingerprint density at radius 1 is 0.650 bits per heavy atom. The summed E-state index contributed by atoms with van der Waals surface area (Å²) >= 11 is 1.61. The van der Waals surface area contributed by atoms with E-state index in [1.807, 2.05) is 18.2 Å². The topological polar surface area (TPSA) is 162 Å². The summed E-state index contributed by atoms with van der Waals surface area (Å²) in [6, 6.07) is 18.8. The van der Waals surface area contributed by atoms with Gasteiger partial charge >= 0.3 is 0 Å². The van der Waals surface area contributed by atoms with Gasteiger partial charge in [-0.1, -0.05) is 53.3 Å². The van der Waals surface area contributed by atoms with E-state index in [2.05, 4.69) is 84.9 Å². The summed E-state index contributed by atoms with van der Waals surface area (Å²) in [7, 11) is -3.81. The van der Waals surface area contributed by atoms with Crippen LogP contribution in [-0.4, -0.2) is 63.9 Å². The van der Waals surface area contributed by atoms with Gasteiger partial charge in [0.2, 0.25) is 9.84 Å². The van der Waals surface area contributed by atoms with E-state index >= 15 is 0 Å². The lowest BCUT2D eigenvalue weighted by Gasteiger charge is -2.26. The van der Waals surface area contributed by atoms with Crippen molar-refractivity contribution in [2.75, 3.05) is 26.4 Å². The third-order valence-corrected chi connectivity index (χ3v) is 13.6. The molecule has 2 aliphatic heterocycles. The summed E-state index contributed by atoms with van der Waals surface area (Å²) in [6.45, 7) is 18.1. The molecular weight excluding hydrogens is 793 g/mol. The third kappa shape index (κ3) is 9.74. The lowest BCUT2D eigenvalue weighted by molar-refractivity contribution is 0.0610. The van der Waals surface area contributed by atoms with Crippen LogP contribution in [0.5, 0.6) is 0 Å². The maximum atomic E-state index is 13.2. The number of rotatable bonds is 8. The van der Waals surface area contributed by atoms with Crippen molar-refractivity contribution in [1.82, 2.24) is 29.1 Å².